The van der Waals surface area contributed by atoms with Gasteiger partial charge in [0.05, 0.1) is 20.8 Å². The van der Waals surface area contributed by atoms with Crippen molar-refractivity contribution in [1.82, 2.24) is 4.90 Å². The van der Waals surface area contributed by atoms with Crippen LogP contribution in [0.15, 0.2) is 11.3 Å². The van der Waals surface area contributed by atoms with Crippen LogP contribution >= 0.6 is 0 Å². The second-order valence-corrected chi connectivity index (χ2v) is 11.6. The van der Waals surface area contributed by atoms with Crippen molar-refractivity contribution >= 4 is 8.07 Å². The highest BCUT2D eigenvalue weighted by Crippen LogP contribution is 2.09. The molecule has 19 heavy (non-hydrogen) atoms. The molecule has 0 aromatic carbocycles. The third-order valence-electron chi connectivity index (χ3n) is 2.81. The third kappa shape index (κ3) is 11.4. The van der Waals surface area contributed by atoms with Crippen LogP contribution in [0.5, 0.6) is 0 Å². The molecule has 0 bridgehead atoms. The van der Waals surface area contributed by atoms with E-state index in [1.54, 1.807) is 7.11 Å². The number of methoxy groups -OCH3 is 1. The molecule has 0 amide bonds. The van der Waals surface area contributed by atoms with Gasteiger partial charge in [0.2, 0.25) is 0 Å². The zero-order valence-electron chi connectivity index (χ0n) is 13.7. The van der Waals surface area contributed by atoms with E-state index in [1.165, 1.54) is 18.4 Å². The van der Waals surface area contributed by atoms with Crippen LogP contribution in [0.25, 0.3) is 0 Å². The molecule has 1 unspecified atom stereocenters. The molecule has 4 heteroatoms. The van der Waals surface area contributed by atoms with Crippen LogP contribution in [0.3, 0.4) is 0 Å². The number of aliphatic hydroxyl groups is 1. The number of ether oxygens (including phenoxy) is 1. The molecule has 0 aromatic rings. The van der Waals surface area contributed by atoms with Gasteiger partial charge >= 0.3 is 0 Å². The highest BCUT2D eigenvalue weighted by atomic mass is 28.3. The molecule has 0 radical (unpaired) electrons. The molecule has 0 heterocycles. The van der Waals surface area contributed by atoms with E-state index in [1.807, 2.05) is 0 Å². The standard InChI is InChI=1S/C15H33NO2Si/c1-7-8-9-16(11-15(17)12-18-3)10-14(2)13-19(4,5)6/h13,15,17H,7-12H2,1-6H3/b14-13+. The Bertz CT molecular complexity index is 261. The second-order valence-electron chi connectivity index (χ2n) is 6.55. The molecule has 1 N–H and O–H groups in total. The number of nitrogens with zero attached hydrogens (tertiary/aromatic N) is 1. The fourth-order valence-corrected chi connectivity index (χ4v) is 3.87. The first kappa shape index (κ1) is 18.8. The number of rotatable bonds is 10. The molecule has 0 aliphatic rings. The van der Waals surface area contributed by atoms with Crippen molar-refractivity contribution in [2.24, 2.45) is 0 Å². The lowest BCUT2D eigenvalue weighted by Crippen LogP contribution is -2.36. The van der Waals surface area contributed by atoms with Crippen LogP contribution in [0.4, 0.5) is 0 Å². The topological polar surface area (TPSA) is 32.7 Å². The van der Waals surface area contributed by atoms with Gasteiger partial charge in [0.1, 0.15) is 0 Å². The molecular formula is C15H33NO2Si. The summed E-state index contributed by atoms with van der Waals surface area (Å²) in [6.07, 6.45) is 1.98. The minimum atomic E-state index is -1.15. The van der Waals surface area contributed by atoms with E-state index in [2.05, 4.69) is 44.1 Å². The van der Waals surface area contributed by atoms with Crippen LogP contribution in [0.1, 0.15) is 26.7 Å². The zero-order valence-corrected chi connectivity index (χ0v) is 14.7. The summed E-state index contributed by atoms with van der Waals surface area (Å²) in [4.78, 5) is 2.35. The summed E-state index contributed by atoms with van der Waals surface area (Å²) >= 11 is 0. The van der Waals surface area contributed by atoms with E-state index in [4.69, 9.17) is 4.74 Å². The second kappa shape index (κ2) is 9.70. The van der Waals surface area contributed by atoms with Gasteiger partial charge in [0, 0.05) is 20.2 Å². The van der Waals surface area contributed by atoms with Crippen molar-refractivity contribution in [3.63, 3.8) is 0 Å². The summed E-state index contributed by atoms with van der Waals surface area (Å²) in [5, 5.41) is 9.89. The summed E-state index contributed by atoms with van der Waals surface area (Å²) in [7, 11) is 0.485. The molecule has 114 valence electrons. The van der Waals surface area contributed by atoms with Gasteiger partial charge in [0.25, 0.3) is 0 Å². The molecule has 0 saturated heterocycles. The Morgan fingerprint density at radius 1 is 1.37 bits per heavy atom. The first-order valence-corrected chi connectivity index (χ1v) is 10.9. The average Bonchev–Trinajstić information content (AvgIpc) is 2.23. The fourth-order valence-electron chi connectivity index (χ4n) is 2.30. The van der Waals surface area contributed by atoms with E-state index in [0.717, 1.165) is 13.1 Å². The molecule has 0 fully saturated rings. The average molecular weight is 288 g/mol. The Hall–Kier alpha value is -0.163. The van der Waals surface area contributed by atoms with Crippen molar-refractivity contribution in [3.8, 4) is 0 Å². The van der Waals surface area contributed by atoms with Crippen molar-refractivity contribution in [2.75, 3.05) is 33.4 Å². The van der Waals surface area contributed by atoms with Crippen LogP contribution in [0, 0.1) is 0 Å². The van der Waals surface area contributed by atoms with Gasteiger partial charge in [-0.3, -0.25) is 4.90 Å². The molecule has 3 nitrogen and oxygen atoms in total. The van der Waals surface area contributed by atoms with E-state index in [-0.39, 0.29) is 6.10 Å². The minimum Gasteiger partial charge on any atom is -0.389 e. The maximum atomic E-state index is 9.89. The van der Waals surface area contributed by atoms with Gasteiger partial charge in [-0.1, -0.05) is 44.3 Å². The number of hydrogen-bond acceptors (Lipinski definition) is 3. The van der Waals surface area contributed by atoms with Crippen LogP contribution in [-0.4, -0.2) is 57.5 Å². The maximum absolute atomic E-state index is 9.89. The summed E-state index contributed by atoms with van der Waals surface area (Å²) in [5.74, 6) is 0. The highest BCUT2D eigenvalue weighted by molar-refractivity contribution is 6.81. The van der Waals surface area contributed by atoms with Gasteiger partial charge in [-0.2, -0.15) is 0 Å². The monoisotopic (exact) mass is 287 g/mol. The summed E-state index contributed by atoms with van der Waals surface area (Å²) in [5.41, 5.74) is 3.88. The maximum Gasteiger partial charge on any atom is 0.0900 e. The van der Waals surface area contributed by atoms with E-state index in [9.17, 15) is 5.11 Å². The van der Waals surface area contributed by atoms with Gasteiger partial charge in [-0.15, -0.1) is 0 Å². The largest absolute Gasteiger partial charge is 0.389 e. The van der Waals surface area contributed by atoms with Crippen LogP contribution in [0.2, 0.25) is 19.6 Å². The number of aliphatic hydroxyl groups excluding tert-OH is 1. The lowest BCUT2D eigenvalue weighted by atomic mass is 10.2. The van der Waals surface area contributed by atoms with Gasteiger partial charge in [-0.25, -0.2) is 0 Å². The molecule has 1 atom stereocenters. The van der Waals surface area contributed by atoms with E-state index < -0.39 is 8.07 Å². The Morgan fingerprint density at radius 3 is 2.47 bits per heavy atom. The summed E-state index contributed by atoms with van der Waals surface area (Å²) in [6, 6.07) is 0. The SMILES string of the molecule is CCCCN(C/C(C)=C/[Si](C)(C)C)CC(O)COC. The molecule has 0 aliphatic carbocycles. The molecule has 0 spiro atoms. The number of hydrogen-bond donors (Lipinski definition) is 1. The van der Waals surface area contributed by atoms with Crippen LogP contribution < -0.4 is 0 Å². The fraction of sp³-hybridized carbons (Fsp3) is 0.867. The highest BCUT2D eigenvalue weighted by Gasteiger charge is 2.14. The molecule has 0 aromatic heterocycles. The predicted octanol–water partition coefficient (Wildman–Crippen LogP) is 2.92. The smallest absolute Gasteiger partial charge is 0.0900 e. The van der Waals surface area contributed by atoms with Gasteiger partial charge in [0.15, 0.2) is 0 Å². The predicted molar refractivity (Wildman–Crippen MR) is 86.3 cm³/mol. The van der Waals surface area contributed by atoms with Gasteiger partial charge < -0.3 is 9.84 Å². The molecule has 0 rings (SSSR count). The first-order valence-electron chi connectivity index (χ1n) is 7.36. The van der Waals surface area contributed by atoms with Gasteiger partial charge in [-0.05, 0) is 19.9 Å². The van der Waals surface area contributed by atoms with Crippen molar-refractivity contribution in [3.05, 3.63) is 11.3 Å². The van der Waals surface area contributed by atoms with Crippen molar-refractivity contribution in [1.29, 1.82) is 0 Å². The molecule has 0 aliphatic heterocycles. The lowest BCUT2D eigenvalue weighted by molar-refractivity contribution is 0.0394. The van der Waals surface area contributed by atoms with Crippen molar-refractivity contribution < 1.29 is 9.84 Å². The summed E-state index contributed by atoms with van der Waals surface area (Å²) < 4.78 is 5.01. The summed E-state index contributed by atoms with van der Waals surface area (Å²) in [6.45, 7) is 14.6. The van der Waals surface area contributed by atoms with E-state index >= 15 is 0 Å². The van der Waals surface area contributed by atoms with Crippen LogP contribution in [-0.2, 0) is 4.74 Å². The zero-order chi connectivity index (χ0) is 14.9. The quantitative estimate of drug-likeness (QED) is 0.627. The Balaban J connectivity index is 4.45. The lowest BCUT2D eigenvalue weighted by Gasteiger charge is -2.26. The van der Waals surface area contributed by atoms with Crippen molar-refractivity contribution in [2.45, 2.75) is 52.4 Å². The molecule has 0 saturated carbocycles. The first-order chi connectivity index (χ1) is 8.78. The Morgan fingerprint density at radius 2 is 2.00 bits per heavy atom. The Labute approximate surface area is 120 Å². The minimum absolute atomic E-state index is 0.387. The van der Waals surface area contributed by atoms with E-state index in [0.29, 0.717) is 13.2 Å². The molecular weight excluding hydrogens is 254 g/mol. The third-order valence-corrected chi connectivity index (χ3v) is 4.17. The number of unbranched alkanes of at least 4 members (excludes halogenated alkanes) is 1. The normalized spacial score (nSPS) is 15.1. The Kier molecular flexibility index (Phi) is 9.61.